The number of rotatable bonds is 4. The second kappa shape index (κ2) is 6.48. The fourth-order valence-electron chi connectivity index (χ4n) is 3.52. The lowest BCUT2D eigenvalue weighted by Gasteiger charge is -2.27. The predicted molar refractivity (Wildman–Crippen MR) is 83.8 cm³/mol. The lowest BCUT2D eigenvalue weighted by molar-refractivity contribution is -0.135. The summed E-state index contributed by atoms with van der Waals surface area (Å²) in [6, 6.07) is 10.2. The maximum atomic E-state index is 12.7. The van der Waals surface area contributed by atoms with Crippen LogP contribution in [0.4, 0.5) is 0 Å². The molecule has 2 aliphatic heterocycles. The third-order valence-electron chi connectivity index (χ3n) is 4.78. The van der Waals surface area contributed by atoms with Crippen molar-refractivity contribution in [2.75, 3.05) is 19.6 Å². The zero-order chi connectivity index (χ0) is 15.5. The molecule has 2 N–H and O–H groups in total. The fraction of sp³-hybridized carbons (Fsp3) is 0.529. The number of nitrogens with zero attached hydrogens (tertiary/aromatic N) is 2. The van der Waals surface area contributed by atoms with E-state index in [0.29, 0.717) is 19.5 Å². The Hall–Kier alpha value is -1.88. The Kier molecular flexibility index (Phi) is 4.43. The van der Waals surface area contributed by atoms with Gasteiger partial charge in [-0.1, -0.05) is 30.3 Å². The number of benzene rings is 1. The number of carbonyl (C=O) groups is 2. The highest BCUT2D eigenvalue weighted by Crippen LogP contribution is 2.25. The molecule has 2 fully saturated rings. The summed E-state index contributed by atoms with van der Waals surface area (Å²) in [7, 11) is 0. The first-order valence-corrected chi connectivity index (χ1v) is 8.01. The van der Waals surface area contributed by atoms with E-state index in [-0.39, 0.29) is 23.8 Å². The molecular formula is C17H23N3O2. The van der Waals surface area contributed by atoms with Crippen molar-refractivity contribution < 1.29 is 9.59 Å². The number of primary amides is 1. The molecule has 0 spiro atoms. The van der Waals surface area contributed by atoms with Gasteiger partial charge in [0.05, 0.1) is 12.0 Å². The van der Waals surface area contributed by atoms with E-state index in [1.54, 1.807) is 0 Å². The largest absolute Gasteiger partial charge is 0.369 e. The lowest BCUT2D eigenvalue weighted by atomic mass is 10.1. The van der Waals surface area contributed by atoms with Gasteiger partial charge in [0.25, 0.3) is 0 Å². The molecule has 1 aromatic rings. The third-order valence-corrected chi connectivity index (χ3v) is 4.78. The first-order chi connectivity index (χ1) is 10.6. The summed E-state index contributed by atoms with van der Waals surface area (Å²) in [6.07, 6.45) is 2.66. The van der Waals surface area contributed by atoms with Crippen LogP contribution in [0.1, 0.15) is 24.8 Å². The Balaban J connectivity index is 1.63. The van der Waals surface area contributed by atoms with Gasteiger partial charge in [-0.3, -0.25) is 14.5 Å². The number of hydrogen-bond donors (Lipinski definition) is 1. The number of hydrogen-bond acceptors (Lipinski definition) is 3. The summed E-state index contributed by atoms with van der Waals surface area (Å²) < 4.78 is 0. The van der Waals surface area contributed by atoms with E-state index in [4.69, 9.17) is 5.73 Å². The maximum absolute atomic E-state index is 12.7. The smallest absolute Gasteiger partial charge is 0.239 e. The molecule has 2 atom stereocenters. The second-order valence-corrected chi connectivity index (χ2v) is 6.29. The van der Waals surface area contributed by atoms with Crippen LogP contribution in [-0.2, 0) is 16.1 Å². The first-order valence-electron chi connectivity index (χ1n) is 8.01. The number of nitrogens with two attached hydrogens (primary N) is 1. The summed E-state index contributed by atoms with van der Waals surface area (Å²) in [5.41, 5.74) is 6.59. The van der Waals surface area contributed by atoms with Crippen LogP contribution in [0.3, 0.4) is 0 Å². The monoisotopic (exact) mass is 301 g/mol. The van der Waals surface area contributed by atoms with E-state index < -0.39 is 0 Å². The van der Waals surface area contributed by atoms with Gasteiger partial charge in [0.2, 0.25) is 11.8 Å². The van der Waals surface area contributed by atoms with Gasteiger partial charge in [-0.25, -0.2) is 0 Å². The van der Waals surface area contributed by atoms with Crippen molar-refractivity contribution in [3.8, 4) is 0 Å². The molecular weight excluding hydrogens is 278 g/mol. The molecule has 1 aromatic carbocycles. The van der Waals surface area contributed by atoms with Crippen molar-refractivity contribution in [3.05, 3.63) is 35.9 Å². The van der Waals surface area contributed by atoms with Crippen LogP contribution < -0.4 is 5.73 Å². The van der Waals surface area contributed by atoms with Gasteiger partial charge in [-0.15, -0.1) is 0 Å². The van der Waals surface area contributed by atoms with Crippen molar-refractivity contribution in [1.82, 2.24) is 9.80 Å². The van der Waals surface area contributed by atoms with Crippen molar-refractivity contribution in [2.24, 2.45) is 11.7 Å². The Labute approximate surface area is 131 Å². The molecule has 22 heavy (non-hydrogen) atoms. The number of amides is 2. The summed E-state index contributed by atoms with van der Waals surface area (Å²) >= 11 is 0. The molecule has 2 unspecified atom stereocenters. The Morgan fingerprint density at radius 1 is 1.14 bits per heavy atom. The molecule has 2 amide bonds. The molecule has 0 aromatic heterocycles. The highest BCUT2D eigenvalue weighted by atomic mass is 16.2. The minimum Gasteiger partial charge on any atom is -0.369 e. The quantitative estimate of drug-likeness (QED) is 0.901. The zero-order valence-electron chi connectivity index (χ0n) is 12.8. The molecule has 3 rings (SSSR count). The van der Waals surface area contributed by atoms with Crippen LogP contribution >= 0.6 is 0 Å². The van der Waals surface area contributed by atoms with Crippen molar-refractivity contribution >= 4 is 11.8 Å². The average molecular weight is 301 g/mol. The summed E-state index contributed by atoms with van der Waals surface area (Å²) in [4.78, 5) is 28.1. The van der Waals surface area contributed by atoms with Gasteiger partial charge in [0, 0.05) is 19.6 Å². The maximum Gasteiger partial charge on any atom is 0.239 e. The molecule has 0 saturated carbocycles. The summed E-state index contributed by atoms with van der Waals surface area (Å²) in [6.45, 7) is 2.91. The molecule has 0 aliphatic carbocycles. The van der Waals surface area contributed by atoms with Crippen molar-refractivity contribution in [2.45, 2.75) is 31.8 Å². The Bertz CT molecular complexity index is 546. The van der Waals surface area contributed by atoms with Gasteiger partial charge in [0.1, 0.15) is 0 Å². The highest BCUT2D eigenvalue weighted by molar-refractivity contribution is 5.84. The minimum atomic E-state index is -0.289. The predicted octanol–water partition coefficient (Wildman–Crippen LogP) is 0.985. The Morgan fingerprint density at radius 3 is 2.59 bits per heavy atom. The molecule has 2 saturated heterocycles. The molecule has 118 valence electrons. The third kappa shape index (κ3) is 3.14. The molecule has 2 aliphatic rings. The van der Waals surface area contributed by atoms with Crippen LogP contribution in [0.15, 0.2) is 30.3 Å². The van der Waals surface area contributed by atoms with Gasteiger partial charge in [-0.05, 0) is 31.4 Å². The van der Waals surface area contributed by atoms with Crippen LogP contribution in [0.2, 0.25) is 0 Å². The first kappa shape index (κ1) is 15.0. The Morgan fingerprint density at radius 2 is 1.91 bits per heavy atom. The molecule has 5 nitrogen and oxygen atoms in total. The van der Waals surface area contributed by atoms with Crippen LogP contribution in [0.25, 0.3) is 0 Å². The van der Waals surface area contributed by atoms with Crippen molar-refractivity contribution in [1.29, 1.82) is 0 Å². The zero-order valence-corrected chi connectivity index (χ0v) is 12.8. The highest BCUT2D eigenvalue weighted by Gasteiger charge is 2.37. The average Bonchev–Trinajstić information content (AvgIpc) is 3.17. The summed E-state index contributed by atoms with van der Waals surface area (Å²) in [5, 5.41) is 0. The molecule has 0 radical (unpaired) electrons. The topological polar surface area (TPSA) is 66.6 Å². The van der Waals surface area contributed by atoms with Crippen molar-refractivity contribution in [3.63, 3.8) is 0 Å². The van der Waals surface area contributed by atoms with E-state index in [0.717, 1.165) is 25.9 Å². The van der Waals surface area contributed by atoms with E-state index in [1.807, 2.05) is 23.1 Å². The molecule has 2 heterocycles. The number of carbonyl (C=O) groups excluding carboxylic acids is 2. The standard InChI is InChI=1S/C17H23N3O2/c18-16(21)14-8-10-20(12-14)17(22)15-7-4-9-19(15)11-13-5-2-1-3-6-13/h1-3,5-6,14-15H,4,7-12H2,(H2,18,21). The van der Waals surface area contributed by atoms with E-state index >= 15 is 0 Å². The normalized spacial score (nSPS) is 25.5. The lowest BCUT2D eigenvalue weighted by Crippen LogP contribution is -2.44. The van der Waals surface area contributed by atoms with Gasteiger partial charge < -0.3 is 10.6 Å². The van der Waals surface area contributed by atoms with Crippen LogP contribution in [0.5, 0.6) is 0 Å². The van der Waals surface area contributed by atoms with Gasteiger partial charge >= 0.3 is 0 Å². The number of likely N-dealkylation sites (tertiary alicyclic amines) is 2. The van der Waals surface area contributed by atoms with Crippen LogP contribution in [-0.4, -0.2) is 47.3 Å². The summed E-state index contributed by atoms with van der Waals surface area (Å²) in [5.74, 6) is -0.298. The van der Waals surface area contributed by atoms with E-state index in [1.165, 1.54) is 5.56 Å². The minimum absolute atomic E-state index is 0.0492. The SMILES string of the molecule is NC(=O)C1CCN(C(=O)C2CCCN2Cc2ccccc2)C1. The van der Waals surface area contributed by atoms with E-state index in [2.05, 4.69) is 17.0 Å². The van der Waals surface area contributed by atoms with Gasteiger partial charge in [-0.2, -0.15) is 0 Å². The molecule has 0 bridgehead atoms. The van der Waals surface area contributed by atoms with Gasteiger partial charge in [0.15, 0.2) is 0 Å². The second-order valence-electron chi connectivity index (χ2n) is 6.29. The molecule has 5 heteroatoms. The van der Waals surface area contributed by atoms with E-state index in [9.17, 15) is 9.59 Å². The fourth-order valence-corrected chi connectivity index (χ4v) is 3.52. The van der Waals surface area contributed by atoms with Crippen LogP contribution in [0, 0.1) is 5.92 Å².